The van der Waals surface area contributed by atoms with Crippen molar-refractivity contribution in [2.45, 2.75) is 20.4 Å². The lowest BCUT2D eigenvalue weighted by Crippen LogP contribution is -2.21. The zero-order valence-electron chi connectivity index (χ0n) is 12.7. The van der Waals surface area contributed by atoms with Crippen molar-refractivity contribution < 1.29 is 4.74 Å². The van der Waals surface area contributed by atoms with Crippen LogP contribution in [0, 0.1) is 5.92 Å². The number of halogens is 2. The topological polar surface area (TPSA) is 24.5 Å². The number of nitrogens with zero attached hydrogens (tertiary/aromatic N) is 1. The first kappa shape index (κ1) is 17.6. The van der Waals surface area contributed by atoms with Gasteiger partial charge in [-0.25, -0.2) is 0 Å². The Morgan fingerprint density at radius 2 is 1.95 bits per heavy atom. The molecule has 0 amide bonds. The Kier molecular flexibility index (Phi) is 7.67. The summed E-state index contributed by atoms with van der Waals surface area (Å²) in [5.41, 5.74) is 1.00. The van der Waals surface area contributed by atoms with Gasteiger partial charge in [0.25, 0.3) is 0 Å². The molecule has 0 aromatic heterocycles. The van der Waals surface area contributed by atoms with E-state index in [4.69, 9.17) is 27.9 Å². The van der Waals surface area contributed by atoms with Gasteiger partial charge in [-0.1, -0.05) is 37.0 Å². The van der Waals surface area contributed by atoms with Gasteiger partial charge in [-0.15, -0.1) is 0 Å². The number of ether oxygens (including phenoxy) is 1. The molecule has 0 spiro atoms. The van der Waals surface area contributed by atoms with Crippen LogP contribution >= 0.6 is 23.2 Å². The molecular weight excluding hydrogens is 295 g/mol. The van der Waals surface area contributed by atoms with E-state index in [1.807, 2.05) is 20.2 Å². The molecule has 20 heavy (non-hydrogen) atoms. The van der Waals surface area contributed by atoms with Crippen molar-refractivity contribution in [3.05, 3.63) is 27.7 Å². The van der Waals surface area contributed by atoms with E-state index in [2.05, 4.69) is 24.1 Å². The molecule has 0 saturated heterocycles. The minimum Gasteiger partial charge on any atom is -0.490 e. The highest BCUT2D eigenvalue weighted by molar-refractivity contribution is 6.35. The molecule has 0 aliphatic carbocycles. The van der Waals surface area contributed by atoms with Crippen molar-refractivity contribution in [2.75, 3.05) is 33.8 Å². The first-order valence-electron chi connectivity index (χ1n) is 6.86. The zero-order valence-corrected chi connectivity index (χ0v) is 14.2. The predicted octanol–water partition coefficient (Wildman–Crippen LogP) is 3.68. The summed E-state index contributed by atoms with van der Waals surface area (Å²) in [7, 11) is 4.02. The third-order valence-electron chi connectivity index (χ3n) is 2.74. The third kappa shape index (κ3) is 6.31. The Balaban J connectivity index is 2.73. The SMILES string of the molecule is CC(C)CNCc1cc(Cl)cc(Cl)c1OCCN(C)C. The third-order valence-corrected chi connectivity index (χ3v) is 3.24. The minimum absolute atomic E-state index is 0.567. The van der Waals surface area contributed by atoms with E-state index < -0.39 is 0 Å². The highest BCUT2D eigenvalue weighted by Gasteiger charge is 2.11. The van der Waals surface area contributed by atoms with Crippen LogP contribution < -0.4 is 10.1 Å². The van der Waals surface area contributed by atoms with Gasteiger partial charge in [0.2, 0.25) is 0 Å². The summed E-state index contributed by atoms with van der Waals surface area (Å²) in [5, 5.41) is 4.59. The molecule has 0 heterocycles. The molecule has 114 valence electrons. The lowest BCUT2D eigenvalue weighted by molar-refractivity contribution is 0.259. The number of nitrogens with one attached hydrogen (secondary N) is 1. The molecule has 1 rings (SSSR count). The average molecular weight is 319 g/mol. The van der Waals surface area contributed by atoms with Gasteiger partial charge in [0, 0.05) is 23.7 Å². The van der Waals surface area contributed by atoms with Gasteiger partial charge < -0.3 is 15.0 Å². The molecule has 0 bridgehead atoms. The van der Waals surface area contributed by atoms with Gasteiger partial charge in [-0.2, -0.15) is 0 Å². The maximum absolute atomic E-state index is 6.24. The second kappa shape index (κ2) is 8.73. The molecule has 3 nitrogen and oxygen atoms in total. The van der Waals surface area contributed by atoms with Crippen LogP contribution in [0.15, 0.2) is 12.1 Å². The lowest BCUT2D eigenvalue weighted by atomic mass is 10.1. The molecule has 0 unspecified atom stereocenters. The highest BCUT2D eigenvalue weighted by Crippen LogP contribution is 2.32. The van der Waals surface area contributed by atoms with Crippen molar-refractivity contribution in [3.63, 3.8) is 0 Å². The maximum atomic E-state index is 6.24. The Morgan fingerprint density at radius 3 is 2.55 bits per heavy atom. The molecule has 0 aliphatic rings. The normalized spacial score (nSPS) is 11.4. The summed E-state index contributed by atoms with van der Waals surface area (Å²) < 4.78 is 5.82. The van der Waals surface area contributed by atoms with Crippen LogP contribution in [0.1, 0.15) is 19.4 Å². The van der Waals surface area contributed by atoms with Gasteiger partial charge in [0.05, 0.1) is 5.02 Å². The van der Waals surface area contributed by atoms with Crippen molar-refractivity contribution in [3.8, 4) is 5.75 Å². The summed E-state index contributed by atoms with van der Waals surface area (Å²) in [5.74, 6) is 1.33. The van der Waals surface area contributed by atoms with E-state index in [1.54, 1.807) is 6.07 Å². The number of hydrogen-bond donors (Lipinski definition) is 1. The number of hydrogen-bond acceptors (Lipinski definition) is 3. The molecular formula is C15H24Cl2N2O. The van der Waals surface area contributed by atoms with Gasteiger partial charge in [-0.3, -0.25) is 0 Å². The van der Waals surface area contributed by atoms with E-state index in [0.29, 0.717) is 29.1 Å². The van der Waals surface area contributed by atoms with Crippen LogP contribution in [-0.4, -0.2) is 38.7 Å². The standard InChI is InChI=1S/C15H24Cl2N2O/c1-11(2)9-18-10-12-7-13(16)8-14(17)15(12)20-6-5-19(3)4/h7-8,11,18H,5-6,9-10H2,1-4H3. The summed E-state index contributed by atoms with van der Waals surface area (Å²) in [6.07, 6.45) is 0. The fraction of sp³-hybridized carbons (Fsp3) is 0.600. The lowest BCUT2D eigenvalue weighted by Gasteiger charge is -2.16. The summed E-state index contributed by atoms with van der Waals surface area (Å²) in [4.78, 5) is 2.07. The largest absolute Gasteiger partial charge is 0.490 e. The van der Waals surface area contributed by atoms with Crippen LogP contribution in [0.25, 0.3) is 0 Å². The van der Waals surface area contributed by atoms with E-state index in [9.17, 15) is 0 Å². The second-order valence-electron chi connectivity index (χ2n) is 5.55. The van der Waals surface area contributed by atoms with E-state index in [-0.39, 0.29) is 0 Å². The first-order valence-corrected chi connectivity index (χ1v) is 7.62. The van der Waals surface area contributed by atoms with Crippen molar-refractivity contribution >= 4 is 23.2 Å². The average Bonchev–Trinajstić information content (AvgIpc) is 2.31. The smallest absolute Gasteiger partial charge is 0.142 e. The molecule has 0 fully saturated rings. The van der Waals surface area contributed by atoms with Gasteiger partial charge >= 0.3 is 0 Å². The molecule has 5 heteroatoms. The van der Waals surface area contributed by atoms with Crippen LogP contribution in [0.2, 0.25) is 10.0 Å². The maximum Gasteiger partial charge on any atom is 0.142 e. The summed E-state index contributed by atoms with van der Waals surface area (Å²) in [6, 6.07) is 3.63. The fourth-order valence-electron chi connectivity index (χ4n) is 1.73. The molecule has 0 saturated carbocycles. The monoisotopic (exact) mass is 318 g/mol. The zero-order chi connectivity index (χ0) is 15.1. The van der Waals surface area contributed by atoms with Crippen LogP contribution in [0.3, 0.4) is 0 Å². The Hall–Kier alpha value is -0.480. The molecule has 0 radical (unpaired) electrons. The first-order chi connectivity index (χ1) is 9.40. The Bertz CT molecular complexity index is 423. The van der Waals surface area contributed by atoms with Gasteiger partial charge in [0.1, 0.15) is 12.4 Å². The molecule has 1 aromatic carbocycles. The Labute approximate surface area is 132 Å². The minimum atomic E-state index is 0.567. The number of likely N-dealkylation sites (N-methyl/N-ethyl adjacent to an activating group) is 1. The quantitative estimate of drug-likeness (QED) is 0.791. The summed E-state index contributed by atoms with van der Waals surface area (Å²) >= 11 is 12.3. The molecule has 0 atom stereocenters. The number of rotatable bonds is 8. The van der Waals surface area contributed by atoms with Gasteiger partial charge in [0.15, 0.2) is 0 Å². The molecule has 1 aromatic rings. The van der Waals surface area contributed by atoms with Crippen LogP contribution in [0.4, 0.5) is 0 Å². The fourth-order valence-corrected chi connectivity index (χ4v) is 2.32. The number of benzene rings is 1. The van der Waals surface area contributed by atoms with E-state index >= 15 is 0 Å². The van der Waals surface area contributed by atoms with Crippen LogP contribution in [-0.2, 0) is 6.54 Å². The predicted molar refractivity (Wildman–Crippen MR) is 87.1 cm³/mol. The van der Waals surface area contributed by atoms with Crippen molar-refractivity contribution in [1.82, 2.24) is 10.2 Å². The van der Waals surface area contributed by atoms with E-state index in [1.165, 1.54) is 0 Å². The van der Waals surface area contributed by atoms with Gasteiger partial charge in [-0.05, 0) is 38.7 Å². The second-order valence-corrected chi connectivity index (χ2v) is 6.40. The Morgan fingerprint density at radius 1 is 1.25 bits per heavy atom. The van der Waals surface area contributed by atoms with Crippen molar-refractivity contribution in [2.24, 2.45) is 5.92 Å². The van der Waals surface area contributed by atoms with Crippen LogP contribution in [0.5, 0.6) is 5.75 Å². The van der Waals surface area contributed by atoms with E-state index in [0.717, 1.165) is 24.4 Å². The van der Waals surface area contributed by atoms with Crippen molar-refractivity contribution in [1.29, 1.82) is 0 Å². The summed E-state index contributed by atoms with van der Waals surface area (Å²) in [6.45, 7) is 7.44. The molecule has 0 aliphatic heterocycles. The highest BCUT2D eigenvalue weighted by atomic mass is 35.5. The molecule has 1 N–H and O–H groups in total.